The van der Waals surface area contributed by atoms with E-state index in [4.69, 9.17) is 4.98 Å². The Kier molecular flexibility index (Phi) is 3.52. The molecule has 0 bridgehead atoms. The maximum atomic E-state index is 14.3. The zero-order valence-electron chi connectivity index (χ0n) is 13.2. The van der Waals surface area contributed by atoms with Crippen LogP contribution in [0.15, 0.2) is 42.5 Å². The molecule has 4 rings (SSSR count). The number of anilines is 1. The van der Waals surface area contributed by atoms with E-state index >= 15 is 0 Å². The summed E-state index contributed by atoms with van der Waals surface area (Å²) in [5, 5.41) is 3.63. The van der Waals surface area contributed by atoms with Crippen molar-refractivity contribution in [2.45, 2.75) is 38.6 Å². The molecule has 1 aromatic carbocycles. The lowest BCUT2D eigenvalue weighted by molar-refractivity contribution is 0.631. The van der Waals surface area contributed by atoms with E-state index in [1.165, 1.54) is 18.9 Å². The lowest BCUT2D eigenvalue weighted by atomic mass is 10.1. The molecule has 1 N–H and O–H groups in total. The molecule has 0 amide bonds. The summed E-state index contributed by atoms with van der Waals surface area (Å²) in [6, 6.07) is 13.3. The van der Waals surface area contributed by atoms with Crippen LogP contribution >= 0.6 is 0 Å². The van der Waals surface area contributed by atoms with Gasteiger partial charge in [-0.2, -0.15) is 0 Å². The Morgan fingerprint density at radius 1 is 1.09 bits per heavy atom. The molecule has 1 fully saturated rings. The molecule has 0 atom stereocenters. The van der Waals surface area contributed by atoms with Crippen LogP contribution in [0.4, 0.5) is 10.2 Å². The van der Waals surface area contributed by atoms with Crippen molar-refractivity contribution in [2.75, 3.05) is 5.32 Å². The lowest BCUT2D eigenvalue weighted by Gasteiger charge is -2.16. The van der Waals surface area contributed by atoms with Gasteiger partial charge in [-0.25, -0.2) is 9.37 Å². The van der Waals surface area contributed by atoms with Crippen molar-refractivity contribution < 1.29 is 4.39 Å². The fraction of sp³-hybridized carbons (Fsp3) is 0.316. The van der Waals surface area contributed by atoms with Gasteiger partial charge in [-0.1, -0.05) is 31.0 Å². The van der Waals surface area contributed by atoms with Crippen molar-refractivity contribution in [3.05, 3.63) is 54.0 Å². The molecule has 0 spiro atoms. The number of halogens is 1. The summed E-state index contributed by atoms with van der Waals surface area (Å²) < 4.78 is 16.4. The highest BCUT2D eigenvalue weighted by Gasteiger charge is 2.22. The van der Waals surface area contributed by atoms with E-state index in [9.17, 15) is 4.39 Å². The van der Waals surface area contributed by atoms with Gasteiger partial charge in [0.15, 0.2) is 0 Å². The largest absolute Gasteiger partial charge is 0.367 e. The number of fused-ring (bicyclic) bond motifs is 1. The number of hydrogen-bond acceptors (Lipinski definition) is 2. The Hall–Kier alpha value is -2.36. The Labute approximate surface area is 135 Å². The van der Waals surface area contributed by atoms with Gasteiger partial charge in [-0.3, -0.25) is 4.40 Å². The summed E-state index contributed by atoms with van der Waals surface area (Å²) in [6.07, 6.45) is 4.83. The quantitative estimate of drug-likeness (QED) is 0.753. The van der Waals surface area contributed by atoms with E-state index in [-0.39, 0.29) is 5.82 Å². The molecule has 2 heterocycles. The van der Waals surface area contributed by atoms with Crippen molar-refractivity contribution >= 4 is 11.5 Å². The first kappa shape index (κ1) is 14.2. The molecule has 3 nitrogen and oxygen atoms in total. The molecule has 1 aliphatic carbocycles. The highest BCUT2D eigenvalue weighted by atomic mass is 19.1. The molecule has 2 aromatic heterocycles. The second kappa shape index (κ2) is 5.69. The molecule has 1 aliphatic rings. The minimum absolute atomic E-state index is 0.233. The maximum Gasteiger partial charge on any atom is 0.139 e. The van der Waals surface area contributed by atoms with Gasteiger partial charge in [-0.05, 0) is 44.0 Å². The molecular formula is C19H20FN3. The van der Waals surface area contributed by atoms with Gasteiger partial charge in [0, 0.05) is 17.3 Å². The Balaban J connectivity index is 1.92. The van der Waals surface area contributed by atoms with Crippen LogP contribution in [-0.2, 0) is 0 Å². The standard InChI is InChI=1S/C19H20FN3/c1-13-7-6-12-17-22-18(15-10-4-5-11-16(15)20)19(23(13)17)21-14-8-2-3-9-14/h4-7,10-12,14,21H,2-3,8-9H2,1H3. The van der Waals surface area contributed by atoms with Gasteiger partial charge in [0.05, 0.1) is 0 Å². The number of rotatable bonds is 3. The highest BCUT2D eigenvalue weighted by Crippen LogP contribution is 2.33. The number of aromatic nitrogens is 2. The van der Waals surface area contributed by atoms with Crippen molar-refractivity contribution in [3.63, 3.8) is 0 Å². The first-order chi connectivity index (χ1) is 11.2. The first-order valence-electron chi connectivity index (χ1n) is 8.23. The number of benzene rings is 1. The van der Waals surface area contributed by atoms with Crippen LogP contribution in [0.3, 0.4) is 0 Å². The third-order valence-electron chi connectivity index (χ3n) is 4.66. The average Bonchev–Trinajstić information content (AvgIpc) is 3.17. The molecule has 0 aliphatic heterocycles. The summed E-state index contributed by atoms with van der Waals surface area (Å²) >= 11 is 0. The molecule has 4 heteroatoms. The number of hydrogen-bond donors (Lipinski definition) is 1. The number of aryl methyl sites for hydroxylation is 1. The second-order valence-electron chi connectivity index (χ2n) is 6.28. The lowest BCUT2D eigenvalue weighted by Crippen LogP contribution is -2.17. The fourth-order valence-corrected chi connectivity index (χ4v) is 3.49. The number of imidazole rings is 1. The molecule has 23 heavy (non-hydrogen) atoms. The highest BCUT2D eigenvalue weighted by molar-refractivity contribution is 5.77. The smallest absolute Gasteiger partial charge is 0.139 e. The maximum absolute atomic E-state index is 14.3. The Morgan fingerprint density at radius 3 is 2.65 bits per heavy atom. The SMILES string of the molecule is Cc1cccc2nc(-c3ccccc3F)c(NC3CCCC3)n12. The molecule has 118 valence electrons. The number of pyridine rings is 1. The van der Waals surface area contributed by atoms with Crippen LogP contribution in [0.1, 0.15) is 31.4 Å². The third-order valence-corrected chi connectivity index (χ3v) is 4.66. The summed E-state index contributed by atoms with van der Waals surface area (Å²) in [4.78, 5) is 4.71. The van der Waals surface area contributed by atoms with Crippen LogP contribution in [-0.4, -0.2) is 15.4 Å². The Morgan fingerprint density at radius 2 is 1.87 bits per heavy atom. The molecular weight excluding hydrogens is 289 g/mol. The molecule has 0 radical (unpaired) electrons. The predicted molar refractivity (Wildman–Crippen MR) is 91.2 cm³/mol. The number of nitrogens with zero attached hydrogens (tertiary/aromatic N) is 2. The van der Waals surface area contributed by atoms with Gasteiger partial charge in [-0.15, -0.1) is 0 Å². The summed E-state index contributed by atoms with van der Waals surface area (Å²) in [6.45, 7) is 2.06. The van der Waals surface area contributed by atoms with E-state index in [1.54, 1.807) is 12.1 Å². The number of nitrogens with one attached hydrogen (secondary N) is 1. The van der Waals surface area contributed by atoms with Gasteiger partial charge >= 0.3 is 0 Å². The predicted octanol–water partition coefficient (Wildman–Crippen LogP) is 4.80. The van der Waals surface area contributed by atoms with E-state index in [0.717, 1.165) is 30.0 Å². The first-order valence-corrected chi connectivity index (χ1v) is 8.23. The van der Waals surface area contributed by atoms with Crippen LogP contribution in [0.2, 0.25) is 0 Å². The zero-order valence-corrected chi connectivity index (χ0v) is 13.2. The van der Waals surface area contributed by atoms with Crippen LogP contribution in [0.5, 0.6) is 0 Å². The van der Waals surface area contributed by atoms with Crippen molar-refractivity contribution in [1.29, 1.82) is 0 Å². The summed E-state index contributed by atoms with van der Waals surface area (Å²) in [5.74, 6) is 0.679. The van der Waals surface area contributed by atoms with Gasteiger partial charge < -0.3 is 5.32 Å². The Bertz CT molecular complexity index is 847. The van der Waals surface area contributed by atoms with Gasteiger partial charge in [0.2, 0.25) is 0 Å². The van der Waals surface area contributed by atoms with Gasteiger partial charge in [0.25, 0.3) is 0 Å². The van der Waals surface area contributed by atoms with E-state index in [0.29, 0.717) is 17.3 Å². The normalized spacial score (nSPS) is 15.4. The fourth-order valence-electron chi connectivity index (χ4n) is 3.49. The van der Waals surface area contributed by atoms with E-state index < -0.39 is 0 Å². The zero-order chi connectivity index (χ0) is 15.8. The van der Waals surface area contributed by atoms with Crippen LogP contribution in [0.25, 0.3) is 16.9 Å². The molecule has 1 saturated carbocycles. The topological polar surface area (TPSA) is 29.3 Å². The monoisotopic (exact) mass is 309 g/mol. The molecule has 0 unspecified atom stereocenters. The van der Waals surface area contributed by atoms with Gasteiger partial charge in [0.1, 0.15) is 23.0 Å². The van der Waals surface area contributed by atoms with Crippen molar-refractivity contribution in [1.82, 2.24) is 9.38 Å². The van der Waals surface area contributed by atoms with Crippen LogP contribution in [0, 0.1) is 12.7 Å². The molecule has 3 aromatic rings. The minimum Gasteiger partial charge on any atom is -0.367 e. The summed E-state index contributed by atoms with van der Waals surface area (Å²) in [7, 11) is 0. The minimum atomic E-state index is -0.233. The molecule has 0 saturated heterocycles. The van der Waals surface area contributed by atoms with E-state index in [2.05, 4.69) is 22.7 Å². The third kappa shape index (κ3) is 2.48. The van der Waals surface area contributed by atoms with Crippen LogP contribution < -0.4 is 5.32 Å². The second-order valence-corrected chi connectivity index (χ2v) is 6.28. The van der Waals surface area contributed by atoms with Crippen molar-refractivity contribution in [2.24, 2.45) is 0 Å². The van der Waals surface area contributed by atoms with E-state index in [1.807, 2.05) is 18.2 Å². The average molecular weight is 309 g/mol. The summed E-state index contributed by atoms with van der Waals surface area (Å²) in [5.41, 5.74) is 3.20. The van der Waals surface area contributed by atoms with Crippen molar-refractivity contribution in [3.8, 4) is 11.3 Å².